The summed E-state index contributed by atoms with van der Waals surface area (Å²) in [5.41, 5.74) is 19.3. The summed E-state index contributed by atoms with van der Waals surface area (Å²) >= 11 is 0. The zero-order valence-electron chi connectivity index (χ0n) is 25.2. The molecule has 2 unspecified atom stereocenters. The second-order valence-electron chi connectivity index (χ2n) is 12.3. The van der Waals surface area contributed by atoms with Crippen molar-refractivity contribution in [2.24, 2.45) is 23.1 Å². The van der Waals surface area contributed by atoms with E-state index in [0.29, 0.717) is 36.7 Å². The van der Waals surface area contributed by atoms with Gasteiger partial charge in [-0.25, -0.2) is 0 Å². The van der Waals surface area contributed by atoms with Crippen molar-refractivity contribution >= 4 is 22.6 Å². The van der Waals surface area contributed by atoms with E-state index in [1.165, 1.54) is 12.1 Å². The van der Waals surface area contributed by atoms with Crippen molar-refractivity contribution in [3.63, 3.8) is 0 Å². The van der Waals surface area contributed by atoms with Gasteiger partial charge in [-0.2, -0.15) is 13.2 Å². The zero-order chi connectivity index (χ0) is 31.9. The van der Waals surface area contributed by atoms with Crippen LogP contribution in [0.25, 0.3) is 10.9 Å². The van der Waals surface area contributed by atoms with Gasteiger partial charge in [0, 0.05) is 43.2 Å². The number of carbonyl (C=O) groups is 2. The second-order valence-corrected chi connectivity index (χ2v) is 12.3. The average molecular weight is 614 g/mol. The molecule has 3 aromatic rings. The number of amides is 1. The van der Waals surface area contributed by atoms with Crippen LogP contribution in [-0.2, 0) is 28.6 Å². The summed E-state index contributed by atoms with van der Waals surface area (Å²) in [7, 11) is 2.21. The number of alkyl halides is 3. The molecule has 0 saturated carbocycles. The minimum absolute atomic E-state index is 0.000781. The first-order valence-electron chi connectivity index (χ1n) is 15.2. The molecule has 1 aromatic heterocycles. The summed E-state index contributed by atoms with van der Waals surface area (Å²) in [6, 6.07) is 12.6. The third-order valence-corrected chi connectivity index (χ3v) is 8.98. The molecular formula is C33H44F3N6O2+. The van der Waals surface area contributed by atoms with Crippen LogP contribution >= 0.6 is 0 Å². The summed E-state index contributed by atoms with van der Waals surface area (Å²) in [6.45, 7) is 3.01. The number of likely N-dealkylation sites (tertiary alicyclic amines) is 1. The minimum atomic E-state index is -4.47. The van der Waals surface area contributed by atoms with Crippen LogP contribution < -0.4 is 22.5 Å². The molecule has 11 heteroatoms. The molecule has 1 amide bonds. The Hall–Kier alpha value is -3.38. The molecule has 1 aliphatic heterocycles. The van der Waals surface area contributed by atoms with Gasteiger partial charge in [-0.15, -0.1) is 0 Å². The molecule has 0 radical (unpaired) electrons. The van der Waals surface area contributed by atoms with Gasteiger partial charge in [0.15, 0.2) is 5.78 Å². The molecule has 8 nitrogen and oxygen atoms in total. The largest absolute Gasteiger partial charge is 0.416 e. The van der Waals surface area contributed by atoms with Gasteiger partial charge in [0.1, 0.15) is 0 Å². The number of quaternary nitrogens is 1. The van der Waals surface area contributed by atoms with Crippen LogP contribution in [0.15, 0.2) is 60.8 Å². The van der Waals surface area contributed by atoms with Crippen molar-refractivity contribution in [3.05, 3.63) is 77.5 Å². The van der Waals surface area contributed by atoms with Crippen LogP contribution in [0.5, 0.6) is 0 Å². The Morgan fingerprint density at radius 2 is 1.73 bits per heavy atom. The maximum absolute atomic E-state index is 13.6. The lowest BCUT2D eigenvalue weighted by atomic mass is 9.95. The molecule has 0 bridgehead atoms. The topological polar surface area (TPSA) is 137 Å². The number of halogens is 3. The van der Waals surface area contributed by atoms with Gasteiger partial charge in [0.05, 0.1) is 49.3 Å². The van der Waals surface area contributed by atoms with E-state index in [1.54, 1.807) is 6.20 Å². The first-order chi connectivity index (χ1) is 20.9. The lowest BCUT2D eigenvalue weighted by molar-refractivity contribution is -0.924. The monoisotopic (exact) mass is 613 g/mol. The third kappa shape index (κ3) is 8.62. The lowest BCUT2D eigenvalue weighted by Crippen LogP contribution is -2.52. The molecule has 1 fully saturated rings. The number of hydrogen-bond acceptors (Lipinski definition) is 6. The number of nitrogens with two attached hydrogens (primary N) is 3. The van der Waals surface area contributed by atoms with Crippen molar-refractivity contribution < 1.29 is 27.2 Å². The van der Waals surface area contributed by atoms with Gasteiger partial charge < -0.3 is 27.0 Å². The Kier molecular flexibility index (Phi) is 11.1. The fourth-order valence-corrected chi connectivity index (χ4v) is 6.52. The number of rotatable bonds is 14. The predicted molar refractivity (Wildman–Crippen MR) is 165 cm³/mol. The molecule has 1 saturated heterocycles. The number of carbonyl (C=O) groups excluding carboxylic acids is 2. The van der Waals surface area contributed by atoms with E-state index in [-0.39, 0.29) is 24.5 Å². The lowest BCUT2D eigenvalue weighted by Gasteiger charge is -2.38. The quantitative estimate of drug-likeness (QED) is 0.206. The van der Waals surface area contributed by atoms with Gasteiger partial charge in [0.2, 0.25) is 5.91 Å². The van der Waals surface area contributed by atoms with Crippen molar-refractivity contribution in [3.8, 4) is 0 Å². The highest BCUT2D eigenvalue weighted by Crippen LogP contribution is 2.31. The molecular weight excluding hydrogens is 569 g/mol. The number of para-hydroxylation sites is 1. The van der Waals surface area contributed by atoms with Crippen molar-refractivity contribution in [1.29, 1.82) is 0 Å². The highest BCUT2D eigenvalue weighted by Gasteiger charge is 2.41. The van der Waals surface area contributed by atoms with E-state index in [9.17, 15) is 22.8 Å². The summed E-state index contributed by atoms with van der Waals surface area (Å²) < 4.78 is 40.2. The van der Waals surface area contributed by atoms with Crippen molar-refractivity contribution in [1.82, 2.24) is 10.3 Å². The van der Waals surface area contributed by atoms with E-state index in [0.717, 1.165) is 59.9 Å². The molecule has 2 heterocycles. The SMILES string of the molecule is C[N+]1(C(CCN)CCN)CCC(C[C@H](N)C(=O)N[C@@H](Cc2ccc(C(F)(F)F)cc2)C(=O)Cc2cnc3ccccc3c2)C1. The summed E-state index contributed by atoms with van der Waals surface area (Å²) in [5, 5.41) is 3.71. The van der Waals surface area contributed by atoms with E-state index in [1.807, 2.05) is 30.3 Å². The number of hydrogen-bond donors (Lipinski definition) is 4. The number of ketones is 1. The minimum Gasteiger partial charge on any atom is -0.345 e. The molecule has 238 valence electrons. The van der Waals surface area contributed by atoms with Gasteiger partial charge in [0.25, 0.3) is 0 Å². The molecule has 0 spiro atoms. The van der Waals surface area contributed by atoms with Crippen LogP contribution in [0.4, 0.5) is 13.2 Å². The fourth-order valence-electron chi connectivity index (χ4n) is 6.52. The maximum Gasteiger partial charge on any atom is 0.416 e. The van der Waals surface area contributed by atoms with Crippen LogP contribution in [0.3, 0.4) is 0 Å². The Bertz CT molecular complexity index is 1410. The van der Waals surface area contributed by atoms with Gasteiger partial charge in [-0.1, -0.05) is 30.3 Å². The third-order valence-electron chi connectivity index (χ3n) is 8.98. The van der Waals surface area contributed by atoms with Crippen molar-refractivity contribution in [2.45, 2.75) is 62.8 Å². The van der Waals surface area contributed by atoms with E-state index in [2.05, 4.69) is 17.3 Å². The summed E-state index contributed by atoms with van der Waals surface area (Å²) in [5.74, 6) is -0.501. The molecule has 44 heavy (non-hydrogen) atoms. The number of fused-ring (bicyclic) bond motifs is 1. The van der Waals surface area contributed by atoms with Crippen LogP contribution in [0, 0.1) is 5.92 Å². The Labute approximate surface area is 256 Å². The molecule has 4 rings (SSSR count). The maximum atomic E-state index is 13.6. The second kappa shape index (κ2) is 14.6. The molecule has 1 aliphatic rings. The average Bonchev–Trinajstić information content (AvgIpc) is 3.37. The van der Waals surface area contributed by atoms with Crippen molar-refractivity contribution in [2.75, 3.05) is 33.2 Å². The Morgan fingerprint density at radius 3 is 2.39 bits per heavy atom. The number of nitrogens with zero attached hydrogens (tertiary/aromatic N) is 2. The summed E-state index contributed by atoms with van der Waals surface area (Å²) in [6.07, 6.45) is 0.345. The number of Topliss-reactive ketones (excluding diaryl/α,β-unsaturated/α-hetero) is 1. The highest BCUT2D eigenvalue weighted by atomic mass is 19.4. The van der Waals surface area contributed by atoms with E-state index in [4.69, 9.17) is 17.2 Å². The Balaban J connectivity index is 1.46. The first kappa shape index (κ1) is 33.5. The van der Waals surface area contributed by atoms with Crippen LogP contribution in [-0.4, -0.2) is 72.5 Å². The molecule has 4 atom stereocenters. The van der Waals surface area contributed by atoms with Gasteiger partial charge in [-0.05, 0) is 61.3 Å². The smallest absolute Gasteiger partial charge is 0.345 e. The summed E-state index contributed by atoms with van der Waals surface area (Å²) in [4.78, 5) is 31.4. The van der Waals surface area contributed by atoms with E-state index >= 15 is 0 Å². The van der Waals surface area contributed by atoms with Gasteiger partial charge >= 0.3 is 6.18 Å². The molecule has 0 aliphatic carbocycles. The number of benzene rings is 2. The normalized spacial score (nSPS) is 20.1. The van der Waals surface area contributed by atoms with E-state index < -0.39 is 29.7 Å². The highest BCUT2D eigenvalue weighted by molar-refractivity contribution is 5.92. The number of aromatic nitrogens is 1. The molecule has 2 aromatic carbocycles. The number of nitrogens with one attached hydrogen (secondary N) is 1. The number of pyridine rings is 1. The van der Waals surface area contributed by atoms with Crippen LogP contribution in [0.1, 0.15) is 42.4 Å². The standard InChI is InChI=1S/C33H43F3N6O2/c1-42(27(10-13-37)11-14-38)15-12-23(21-42)17-28(39)32(44)41-30(18-22-6-8-26(9-7-22)33(34,35)36)31(43)19-24-16-25-4-2-3-5-29(25)40-20-24/h2-9,16,20,23,27-28,30H,10-15,17-19,21,37-39H2,1H3/p+1/t23?,28-,30-,42?/m0/s1. The van der Waals surface area contributed by atoms with Crippen LogP contribution in [0.2, 0.25) is 0 Å². The zero-order valence-corrected chi connectivity index (χ0v) is 25.2. The predicted octanol–water partition coefficient (Wildman–Crippen LogP) is 3.34. The first-order valence-corrected chi connectivity index (χ1v) is 15.2. The molecule has 7 N–H and O–H groups in total. The Morgan fingerprint density at radius 1 is 1.05 bits per heavy atom. The van der Waals surface area contributed by atoms with Gasteiger partial charge in [-0.3, -0.25) is 14.6 Å². The fraction of sp³-hybridized carbons (Fsp3) is 0.485.